The highest BCUT2D eigenvalue weighted by atomic mass is 32.7. The van der Waals surface area contributed by atoms with Crippen molar-refractivity contribution in [2.45, 2.75) is 55.2 Å². The summed E-state index contributed by atoms with van der Waals surface area (Å²) in [7, 11) is 0. The Morgan fingerprint density at radius 1 is 1.02 bits per heavy atom. The van der Waals surface area contributed by atoms with E-state index in [1.54, 1.807) is 0 Å². The van der Waals surface area contributed by atoms with Crippen molar-refractivity contribution < 1.29 is 42.1 Å². The Morgan fingerprint density at radius 2 is 1.76 bits per heavy atom. The maximum atomic E-state index is 13.4. The first-order valence-electron chi connectivity index (χ1n) is 13.2. The molecule has 3 saturated heterocycles. The topological polar surface area (TPSA) is 287 Å². The summed E-state index contributed by atoms with van der Waals surface area (Å²) in [4.78, 5) is 56.6. The molecule has 0 radical (unpaired) electrons. The zero-order chi connectivity index (χ0) is 31.8. The van der Waals surface area contributed by atoms with Crippen LogP contribution in [0, 0.1) is 0 Å². The van der Waals surface area contributed by atoms with Gasteiger partial charge in [0.2, 0.25) is 11.9 Å². The number of fused-ring (bicyclic) bond motifs is 4. The number of aliphatic hydroxyl groups excluding tert-OH is 1. The predicted octanol–water partition coefficient (Wildman–Crippen LogP) is -1.03. The molecule has 0 aliphatic carbocycles. The van der Waals surface area contributed by atoms with Gasteiger partial charge < -0.3 is 61.3 Å². The molecule has 3 aromatic heterocycles. The lowest BCUT2D eigenvalue weighted by Crippen LogP contribution is -2.38. The third kappa shape index (κ3) is 5.79. The Kier molecular flexibility index (Phi) is 7.78. The van der Waals surface area contributed by atoms with Crippen molar-refractivity contribution in [3.8, 4) is 0 Å². The lowest BCUT2D eigenvalue weighted by Gasteiger charge is -2.33. The maximum absolute atomic E-state index is 13.4. The molecule has 0 amide bonds. The van der Waals surface area contributed by atoms with Crippen LogP contribution < -0.4 is 22.6 Å². The molecule has 20 nitrogen and oxygen atoms in total. The van der Waals surface area contributed by atoms with E-state index in [9.17, 15) is 24.2 Å². The lowest BCUT2D eigenvalue weighted by atomic mass is 9.95. The van der Waals surface area contributed by atoms with Crippen molar-refractivity contribution >= 4 is 72.5 Å². The standard InChI is InChI=1S/C21H25N9O11P2S2/c22-20-26-11-6(2-24-12(11)18(32)28-20)15-14(31)16-9(39-15)4-37-42(34,44)40-7-1-10(38-8(7)3-36-43(35,45)41-16)30-5-25-13-17(30)27-21(23)29-19(13)33/h2,5-10,14-16,31H,1,3-4H2,(H,34,44)(H,35,45)(H3,22,26,28,32)(H3,23,27,29,33)/p-1/t6?,7-,8+,9+,10+,14-,15-,16+,42?,43?/m0/s1. The predicted molar refractivity (Wildman–Crippen MR) is 159 cm³/mol. The largest absolute Gasteiger partial charge is 0.660 e. The number of aromatic nitrogens is 6. The zero-order valence-corrected chi connectivity index (χ0v) is 26.0. The Labute approximate surface area is 261 Å². The molecule has 0 saturated carbocycles. The molecular formula is C21H24N9O11P2S2-. The number of aliphatic hydroxyl groups is 1. The van der Waals surface area contributed by atoms with Gasteiger partial charge >= 0.3 is 6.72 Å². The number of nitrogens with zero attached hydrogens (tertiary/aromatic N) is 5. The monoisotopic (exact) mass is 704 g/mol. The van der Waals surface area contributed by atoms with E-state index in [2.05, 4.69) is 29.9 Å². The number of imidazole rings is 1. The van der Waals surface area contributed by atoms with Crippen LogP contribution in [-0.4, -0.2) is 95.5 Å². The van der Waals surface area contributed by atoms with E-state index in [1.807, 2.05) is 0 Å². The average Bonchev–Trinajstić information content (AvgIpc) is 3.71. The van der Waals surface area contributed by atoms with Gasteiger partial charge in [-0.2, -0.15) is 4.98 Å². The van der Waals surface area contributed by atoms with Gasteiger partial charge in [0, 0.05) is 12.6 Å². The number of hydrogen-bond acceptors (Lipinski definition) is 18. The van der Waals surface area contributed by atoms with Crippen LogP contribution in [0.3, 0.4) is 0 Å². The van der Waals surface area contributed by atoms with E-state index in [4.69, 9.17) is 63.1 Å². The molecule has 7 rings (SSSR count). The molecule has 0 aromatic carbocycles. The van der Waals surface area contributed by atoms with Gasteiger partial charge in [0.05, 0.1) is 37.3 Å². The number of nitrogens with two attached hydrogens (primary N) is 2. The van der Waals surface area contributed by atoms with Gasteiger partial charge in [-0.3, -0.25) is 33.7 Å². The minimum absolute atomic E-state index is 0.0100. The molecule has 4 aliphatic heterocycles. The summed E-state index contributed by atoms with van der Waals surface area (Å²) in [6, 6.07) is 0. The number of nitrogens with one attached hydrogen (secondary N) is 2. The van der Waals surface area contributed by atoms with E-state index in [1.165, 1.54) is 17.1 Å². The van der Waals surface area contributed by atoms with Crippen LogP contribution in [0.15, 0.2) is 20.9 Å². The van der Waals surface area contributed by atoms with Gasteiger partial charge in [-0.1, -0.05) is 0 Å². The second kappa shape index (κ2) is 11.3. The van der Waals surface area contributed by atoms with Crippen LogP contribution in [0.1, 0.15) is 24.3 Å². The number of aromatic amines is 2. The zero-order valence-electron chi connectivity index (χ0n) is 22.6. The molecule has 45 heavy (non-hydrogen) atoms. The highest BCUT2D eigenvalue weighted by Crippen LogP contribution is 2.54. The molecule has 7 heterocycles. The van der Waals surface area contributed by atoms with Crippen LogP contribution in [0.25, 0.3) is 11.2 Å². The van der Waals surface area contributed by atoms with Crippen molar-refractivity contribution in [3.05, 3.63) is 32.7 Å². The molecule has 4 aliphatic rings. The van der Waals surface area contributed by atoms with Crippen molar-refractivity contribution in [3.63, 3.8) is 0 Å². The Morgan fingerprint density at radius 3 is 2.56 bits per heavy atom. The van der Waals surface area contributed by atoms with E-state index in [0.29, 0.717) is 0 Å². The molecule has 0 bridgehead atoms. The summed E-state index contributed by atoms with van der Waals surface area (Å²) in [6.07, 6.45) is -5.36. The van der Waals surface area contributed by atoms with Crippen LogP contribution in [0.2, 0.25) is 0 Å². The fraction of sp³-hybridized carbons (Fsp3) is 0.524. The number of anilines is 2. The van der Waals surface area contributed by atoms with Crippen LogP contribution >= 0.6 is 13.5 Å². The SMILES string of the molecule is Nc1nc2c(c(=O)[nH]1)N=CC2[C@@H]1O[C@@H]2COP(O)(=S)O[C@H]3C[C@H](n4cnc5c(=O)[nH]c(N)nc54)O[C@@H]3COP(=O)([S-])O[C@H]2[C@H]1O. The van der Waals surface area contributed by atoms with Crippen molar-refractivity contribution in [1.29, 1.82) is 0 Å². The van der Waals surface area contributed by atoms with Gasteiger partial charge in [-0.25, -0.2) is 9.97 Å². The van der Waals surface area contributed by atoms with Gasteiger partial charge in [0.15, 0.2) is 23.6 Å². The summed E-state index contributed by atoms with van der Waals surface area (Å²) in [5, 5.41) is 11.3. The normalized spacial score (nSPS) is 38.4. The smallest absolute Gasteiger partial charge is 0.324 e. The summed E-state index contributed by atoms with van der Waals surface area (Å²) >= 11 is 10.4. The van der Waals surface area contributed by atoms with Crippen molar-refractivity contribution in [2.75, 3.05) is 24.7 Å². The number of H-pyrrole nitrogens is 2. The molecule has 24 heteroatoms. The van der Waals surface area contributed by atoms with Gasteiger partial charge in [0.1, 0.15) is 36.7 Å². The van der Waals surface area contributed by atoms with Crippen LogP contribution in [0.4, 0.5) is 17.6 Å². The minimum Gasteiger partial charge on any atom is -0.660 e. The summed E-state index contributed by atoms with van der Waals surface area (Å²) in [5.41, 5.74) is 10.5. The van der Waals surface area contributed by atoms with E-state index < -0.39 is 86.6 Å². The van der Waals surface area contributed by atoms with Crippen LogP contribution in [-0.2, 0) is 56.2 Å². The second-order valence-corrected chi connectivity index (χ2v) is 16.0. The molecule has 3 aromatic rings. The minimum atomic E-state index is -4.34. The van der Waals surface area contributed by atoms with Gasteiger partial charge in [0.25, 0.3) is 11.1 Å². The molecule has 242 valence electrons. The average molecular weight is 705 g/mol. The Hall–Kier alpha value is -2.59. The number of ether oxygens (including phenoxy) is 2. The number of rotatable bonds is 2. The number of nitrogen functional groups attached to an aromatic ring is 2. The van der Waals surface area contributed by atoms with Crippen molar-refractivity contribution in [2.24, 2.45) is 4.99 Å². The van der Waals surface area contributed by atoms with Crippen LogP contribution in [0.5, 0.6) is 0 Å². The Bertz CT molecular complexity index is 1920. The number of aliphatic imine (C=N–C) groups is 1. The molecule has 3 fully saturated rings. The summed E-state index contributed by atoms with van der Waals surface area (Å²) in [6.45, 7) is -9.30. The van der Waals surface area contributed by atoms with Crippen molar-refractivity contribution in [1.82, 2.24) is 29.5 Å². The molecule has 10 atom stereocenters. The van der Waals surface area contributed by atoms with Gasteiger partial charge in [-0.05, 0) is 11.8 Å². The molecule has 3 unspecified atom stereocenters. The second-order valence-electron chi connectivity index (χ2n) is 10.5. The van der Waals surface area contributed by atoms with E-state index in [0.717, 1.165) is 0 Å². The quantitative estimate of drug-likeness (QED) is 0.137. The highest BCUT2D eigenvalue weighted by Gasteiger charge is 2.52. The highest BCUT2D eigenvalue weighted by molar-refractivity contribution is 8.32. The first kappa shape index (κ1) is 31.0. The Balaban J connectivity index is 1.14. The maximum Gasteiger partial charge on any atom is 0.324 e. The lowest BCUT2D eigenvalue weighted by molar-refractivity contribution is -0.0501. The van der Waals surface area contributed by atoms with E-state index >= 15 is 0 Å². The fourth-order valence-corrected chi connectivity index (χ4v) is 8.56. The molecule has 8 N–H and O–H groups in total. The first-order valence-corrected chi connectivity index (χ1v) is 18.4. The molecule has 0 spiro atoms. The van der Waals surface area contributed by atoms with Gasteiger partial charge in [-0.15, -0.1) is 0 Å². The third-order valence-electron chi connectivity index (χ3n) is 7.61. The first-order chi connectivity index (χ1) is 21.3. The molecular weight excluding hydrogens is 680 g/mol. The fourth-order valence-electron chi connectivity index (χ4n) is 5.65. The third-order valence-corrected chi connectivity index (χ3v) is 10.7. The number of hydrogen-bond donors (Lipinski definition) is 6. The van der Waals surface area contributed by atoms with E-state index in [-0.39, 0.29) is 40.9 Å². The summed E-state index contributed by atoms with van der Waals surface area (Å²) in [5.74, 6) is -1.16. The summed E-state index contributed by atoms with van der Waals surface area (Å²) < 4.78 is 49.4.